The molecule has 2 aromatic carbocycles. The van der Waals surface area contributed by atoms with Crippen LogP contribution in [-0.2, 0) is 9.53 Å². The van der Waals surface area contributed by atoms with Gasteiger partial charge in [-0.25, -0.2) is 14.8 Å². The maximum Gasteiger partial charge on any atom is 0.338 e. The fraction of sp³-hybridized carbons (Fsp3) is 0.207. The van der Waals surface area contributed by atoms with E-state index in [-0.39, 0.29) is 38.0 Å². The summed E-state index contributed by atoms with van der Waals surface area (Å²) in [6.45, 7) is 5.17. The molecule has 5 rings (SSSR count). The molecular formula is C29H25N5O7S2. The van der Waals surface area contributed by atoms with E-state index in [0.29, 0.717) is 33.1 Å². The van der Waals surface area contributed by atoms with Gasteiger partial charge in [0.2, 0.25) is 0 Å². The van der Waals surface area contributed by atoms with Crippen molar-refractivity contribution in [2.45, 2.75) is 36.9 Å². The quantitative estimate of drug-likeness (QED) is 0.135. The highest BCUT2D eigenvalue weighted by molar-refractivity contribution is 7.99. The molecule has 220 valence electrons. The third-order valence-electron chi connectivity index (χ3n) is 6.48. The summed E-state index contributed by atoms with van der Waals surface area (Å²) in [4.78, 5) is 62.3. The van der Waals surface area contributed by atoms with Crippen LogP contribution in [0.4, 0.5) is 5.69 Å². The fourth-order valence-corrected chi connectivity index (χ4v) is 6.66. The van der Waals surface area contributed by atoms with Crippen molar-refractivity contribution in [1.29, 1.82) is 0 Å². The van der Waals surface area contributed by atoms with E-state index in [2.05, 4.69) is 15.0 Å². The summed E-state index contributed by atoms with van der Waals surface area (Å²) < 4.78 is 12.6. The third-order valence-corrected chi connectivity index (χ3v) is 8.42. The first kappa shape index (κ1) is 29.7. The van der Waals surface area contributed by atoms with Gasteiger partial charge in [-0.2, -0.15) is 0 Å². The third kappa shape index (κ3) is 5.92. The van der Waals surface area contributed by atoms with Crippen molar-refractivity contribution in [3.8, 4) is 5.75 Å². The summed E-state index contributed by atoms with van der Waals surface area (Å²) in [5.74, 6) is -0.117. The molecule has 0 fully saturated rings. The van der Waals surface area contributed by atoms with Gasteiger partial charge in [-0.15, -0.1) is 0 Å². The molecule has 2 aromatic heterocycles. The van der Waals surface area contributed by atoms with E-state index < -0.39 is 22.5 Å². The van der Waals surface area contributed by atoms with E-state index in [1.54, 1.807) is 57.2 Å². The zero-order valence-corrected chi connectivity index (χ0v) is 25.1. The molecule has 0 aliphatic carbocycles. The Morgan fingerprint density at radius 2 is 1.98 bits per heavy atom. The molecule has 0 radical (unpaired) electrons. The van der Waals surface area contributed by atoms with Crippen molar-refractivity contribution < 1.29 is 19.2 Å². The Bertz CT molecular complexity index is 2040. The number of aromatic amines is 1. The number of carbonyl (C=O) groups excluding carboxylic acids is 1. The number of rotatable bonds is 8. The van der Waals surface area contributed by atoms with E-state index in [4.69, 9.17) is 9.47 Å². The van der Waals surface area contributed by atoms with Crippen LogP contribution < -0.4 is 25.2 Å². The molecule has 14 heteroatoms. The van der Waals surface area contributed by atoms with Gasteiger partial charge in [0.25, 0.3) is 16.8 Å². The first-order chi connectivity index (χ1) is 20.6. The van der Waals surface area contributed by atoms with Gasteiger partial charge in [0, 0.05) is 23.4 Å². The predicted octanol–water partition coefficient (Wildman–Crippen LogP) is 3.26. The largest absolute Gasteiger partial charge is 0.496 e. The molecular weight excluding hydrogens is 594 g/mol. The zero-order chi connectivity index (χ0) is 30.8. The van der Waals surface area contributed by atoms with Crippen LogP contribution in [0.3, 0.4) is 0 Å². The van der Waals surface area contributed by atoms with Crippen molar-refractivity contribution in [3.63, 3.8) is 0 Å². The number of hydrogen-bond donors (Lipinski definition) is 1. The first-order valence-corrected chi connectivity index (χ1v) is 14.6. The number of aryl methyl sites for hydroxylation is 1. The van der Waals surface area contributed by atoms with Crippen LogP contribution in [0.15, 0.2) is 84.4 Å². The number of nitrogens with zero attached hydrogens (tertiary/aromatic N) is 4. The SMILES string of the molecule is CCOC(=O)C1=C(C)N=c2s/c(=C/c3ccc(Sc4nc(C)cc(=O)[nH]4)c([N+](=O)[O-])c3)c(=O)n2[C@H]1c1ccccc1OC. The molecule has 0 saturated heterocycles. The van der Waals surface area contributed by atoms with Gasteiger partial charge in [0.1, 0.15) is 11.8 Å². The van der Waals surface area contributed by atoms with Gasteiger partial charge < -0.3 is 14.5 Å². The first-order valence-electron chi connectivity index (χ1n) is 13.0. The van der Waals surface area contributed by atoms with Crippen molar-refractivity contribution in [2.75, 3.05) is 13.7 Å². The zero-order valence-electron chi connectivity index (χ0n) is 23.4. The number of para-hydroxylation sites is 1. The smallest absolute Gasteiger partial charge is 0.338 e. The second-order valence-corrected chi connectivity index (χ2v) is 11.4. The summed E-state index contributed by atoms with van der Waals surface area (Å²) in [5, 5.41) is 12.2. The van der Waals surface area contributed by atoms with E-state index in [0.717, 1.165) is 23.1 Å². The molecule has 1 atom stereocenters. The molecule has 12 nitrogen and oxygen atoms in total. The van der Waals surface area contributed by atoms with Crippen molar-refractivity contribution in [1.82, 2.24) is 14.5 Å². The molecule has 0 bridgehead atoms. The second kappa shape index (κ2) is 12.2. The van der Waals surface area contributed by atoms with Crippen molar-refractivity contribution >= 4 is 40.8 Å². The number of thiazole rings is 1. The van der Waals surface area contributed by atoms with Gasteiger partial charge >= 0.3 is 5.97 Å². The van der Waals surface area contributed by atoms with Gasteiger partial charge in [-0.3, -0.25) is 24.3 Å². The summed E-state index contributed by atoms with van der Waals surface area (Å²) in [7, 11) is 1.50. The van der Waals surface area contributed by atoms with Crippen LogP contribution in [0.25, 0.3) is 6.08 Å². The monoisotopic (exact) mass is 619 g/mol. The maximum atomic E-state index is 13.9. The summed E-state index contributed by atoms with van der Waals surface area (Å²) in [6.07, 6.45) is 1.54. The second-order valence-electron chi connectivity index (χ2n) is 9.32. The molecule has 1 aliphatic heterocycles. The number of hydrogen-bond acceptors (Lipinski definition) is 11. The number of ether oxygens (including phenoxy) is 2. The average Bonchev–Trinajstić information content (AvgIpc) is 3.26. The van der Waals surface area contributed by atoms with Gasteiger partial charge in [-0.05, 0) is 56.3 Å². The Hall–Kier alpha value is -4.82. The van der Waals surface area contributed by atoms with E-state index in [1.165, 1.54) is 29.9 Å². The van der Waals surface area contributed by atoms with E-state index in [9.17, 15) is 24.5 Å². The lowest BCUT2D eigenvalue weighted by molar-refractivity contribution is -0.387. The van der Waals surface area contributed by atoms with Crippen molar-refractivity contribution in [3.05, 3.63) is 117 Å². The highest BCUT2D eigenvalue weighted by atomic mass is 32.2. The number of aromatic nitrogens is 3. The number of methoxy groups -OCH3 is 1. The molecule has 0 amide bonds. The van der Waals surface area contributed by atoms with Crippen LogP contribution in [0.2, 0.25) is 0 Å². The minimum absolute atomic E-state index is 0.141. The fourth-order valence-electron chi connectivity index (χ4n) is 4.69. The number of nitro groups is 1. The Morgan fingerprint density at radius 1 is 1.21 bits per heavy atom. The van der Waals surface area contributed by atoms with E-state index >= 15 is 0 Å². The molecule has 1 N–H and O–H groups in total. The van der Waals surface area contributed by atoms with E-state index in [1.807, 2.05) is 0 Å². The number of H-pyrrole nitrogens is 1. The summed E-state index contributed by atoms with van der Waals surface area (Å²) in [5.41, 5.74) is 1.06. The number of benzene rings is 2. The molecule has 0 spiro atoms. The molecule has 0 saturated carbocycles. The minimum atomic E-state index is -0.870. The molecule has 43 heavy (non-hydrogen) atoms. The Kier molecular flexibility index (Phi) is 8.41. The van der Waals surface area contributed by atoms with Crippen LogP contribution in [0, 0.1) is 17.0 Å². The van der Waals surface area contributed by atoms with Crippen LogP contribution in [0.5, 0.6) is 5.75 Å². The predicted molar refractivity (Wildman–Crippen MR) is 160 cm³/mol. The topological polar surface area (TPSA) is 159 Å². The van der Waals surface area contributed by atoms with Gasteiger partial charge in [0.05, 0.1) is 39.3 Å². The van der Waals surface area contributed by atoms with Crippen molar-refractivity contribution in [2.24, 2.45) is 4.99 Å². The molecule has 1 aliphatic rings. The van der Waals surface area contributed by atoms with Crippen LogP contribution in [-0.4, -0.2) is 39.1 Å². The van der Waals surface area contributed by atoms with Gasteiger partial charge in [0.15, 0.2) is 9.96 Å². The molecule has 0 unspecified atom stereocenters. The van der Waals surface area contributed by atoms with Gasteiger partial charge in [-0.1, -0.05) is 35.6 Å². The number of esters is 1. The van der Waals surface area contributed by atoms with Crippen LogP contribution >= 0.6 is 23.1 Å². The Morgan fingerprint density at radius 3 is 2.67 bits per heavy atom. The average molecular weight is 620 g/mol. The Balaban J connectivity index is 1.64. The highest BCUT2D eigenvalue weighted by Crippen LogP contribution is 2.36. The van der Waals surface area contributed by atoms with Crippen LogP contribution in [0.1, 0.15) is 36.7 Å². The maximum absolute atomic E-state index is 13.9. The number of fused-ring (bicyclic) bond motifs is 1. The number of nitro benzene ring substituents is 1. The molecule has 3 heterocycles. The number of nitrogens with one attached hydrogen (secondary N) is 1. The molecule has 4 aromatic rings. The summed E-state index contributed by atoms with van der Waals surface area (Å²) in [6, 6.07) is 12.1. The lowest BCUT2D eigenvalue weighted by Gasteiger charge is -2.25. The minimum Gasteiger partial charge on any atom is -0.496 e. The highest BCUT2D eigenvalue weighted by Gasteiger charge is 2.35. The summed E-state index contributed by atoms with van der Waals surface area (Å²) >= 11 is 2.06. The number of carbonyl (C=O) groups is 1. The normalized spacial score (nSPS) is 14.7. The standard InChI is InChI=1S/C29H25N5O7S2/c1-5-41-27(37)24-16(3)31-29-33(25(24)18-8-6-7-9-20(18)40-4)26(36)22(43-29)14-17-10-11-21(19(13-17)34(38)39)42-28-30-15(2)12-23(35)32-28/h6-14,25H,5H2,1-4H3,(H,30,32,35)/b22-14+/t25-/m0/s1. The lowest BCUT2D eigenvalue weighted by Crippen LogP contribution is -2.40. The lowest BCUT2D eigenvalue weighted by atomic mass is 9.95. The Labute approximate surface area is 252 Å². The number of allylic oxidation sites excluding steroid dienone is 1.